The van der Waals surface area contributed by atoms with Crippen molar-refractivity contribution in [1.82, 2.24) is 4.31 Å². The average Bonchev–Trinajstić information content (AvgIpc) is 2.87. The Morgan fingerprint density at radius 1 is 1.29 bits per heavy atom. The largest absolute Gasteiger partial charge is 0.388 e. The van der Waals surface area contributed by atoms with Crippen LogP contribution in [0.1, 0.15) is 37.3 Å². The van der Waals surface area contributed by atoms with Gasteiger partial charge < -0.3 is 5.32 Å². The Balaban J connectivity index is 2.33. The minimum Gasteiger partial charge on any atom is -0.388 e. The zero-order chi connectivity index (χ0) is 15.6. The Morgan fingerprint density at radius 2 is 1.90 bits per heavy atom. The Labute approximate surface area is 128 Å². The summed E-state index contributed by atoms with van der Waals surface area (Å²) in [7, 11) is -1.53. The monoisotopic (exact) mass is 310 g/mol. The molecule has 0 aromatic heterocycles. The summed E-state index contributed by atoms with van der Waals surface area (Å²) in [5.41, 5.74) is 2.59. The van der Waals surface area contributed by atoms with E-state index >= 15 is 0 Å². The Bertz CT molecular complexity index is 588. The summed E-state index contributed by atoms with van der Waals surface area (Å²) in [6, 6.07) is 3.80. The highest BCUT2D eigenvalue weighted by Crippen LogP contribution is 2.31. The molecule has 0 bridgehead atoms. The van der Waals surface area contributed by atoms with Gasteiger partial charge in [-0.2, -0.15) is 4.31 Å². The van der Waals surface area contributed by atoms with Crippen molar-refractivity contribution in [3.63, 3.8) is 0 Å². The molecular weight excluding hydrogens is 284 g/mol. The van der Waals surface area contributed by atoms with Crippen molar-refractivity contribution in [3.8, 4) is 0 Å². The first-order chi connectivity index (χ1) is 9.90. The lowest BCUT2D eigenvalue weighted by Gasteiger charge is -2.20. The van der Waals surface area contributed by atoms with Gasteiger partial charge in [-0.15, -0.1) is 0 Å². The van der Waals surface area contributed by atoms with E-state index in [1.807, 2.05) is 33.0 Å². The smallest absolute Gasteiger partial charge is 0.243 e. The van der Waals surface area contributed by atoms with Gasteiger partial charge in [-0.25, -0.2) is 8.42 Å². The molecule has 4 nitrogen and oxygen atoms in total. The maximum absolute atomic E-state index is 12.9. The molecule has 1 unspecified atom stereocenters. The van der Waals surface area contributed by atoms with Crippen LogP contribution in [0.2, 0.25) is 0 Å². The van der Waals surface area contributed by atoms with Gasteiger partial charge in [0.05, 0.1) is 4.90 Å². The number of sulfonamides is 1. The summed E-state index contributed by atoms with van der Waals surface area (Å²) >= 11 is 0. The highest BCUT2D eigenvalue weighted by molar-refractivity contribution is 7.89. The first-order valence-corrected chi connectivity index (χ1v) is 9.13. The summed E-state index contributed by atoms with van der Waals surface area (Å²) in [6.45, 7) is 7.23. The van der Waals surface area contributed by atoms with Gasteiger partial charge in [-0.05, 0) is 55.9 Å². The number of nitrogens with one attached hydrogen (secondary N) is 1. The van der Waals surface area contributed by atoms with Crippen LogP contribution in [0.4, 0.5) is 5.69 Å². The summed E-state index contributed by atoms with van der Waals surface area (Å²) in [5.74, 6) is 0.516. The van der Waals surface area contributed by atoms with Crippen molar-refractivity contribution in [2.45, 2.75) is 44.9 Å². The molecule has 1 aromatic rings. The van der Waals surface area contributed by atoms with Crippen LogP contribution in [0, 0.1) is 19.8 Å². The molecule has 0 spiro atoms. The molecule has 1 atom stereocenters. The van der Waals surface area contributed by atoms with Gasteiger partial charge >= 0.3 is 0 Å². The Hall–Kier alpha value is -1.07. The van der Waals surface area contributed by atoms with Crippen LogP contribution in [0.3, 0.4) is 0 Å². The van der Waals surface area contributed by atoms with Gasteiger partial charge in [-0.3, -0.25) is 0 Å². The molecule has 1 aliphatic rings. The van der Waals surface area contributed by atoms with Gasteiger partial charge in [0.25, 0.3) is 0 Å². The summed E-state index contributed by atoms with van der Waals surface area (Å²) in [6.07, 6.45) is 3.22. The third-order valence-corrected chi connectivity index (χ3v) is 6.46. The molecule has 1 aliphatic heterocycles. The summed E-state index contributed by atoms with van der Waals surface area (Å²) in [4.78, 5) is 0.485. The molecule has 5 heteroatoms. The summed E-state index contributed by atoms with van der Waals surface area (Å²) < 4.78 is 27.5. The highest BCUT2D eigenvalue weighted by Gasteiger charge is 2.33. The molecule has 0 radical (unpaired) electrons. The Kier molecular flexibility index (Phi) is 4.94. The highest BCUT2D eigenvalue weighted by atomic mass is 32.2. The van der Waals surface area contributed by atoms with Gasteiger partial charge in [0.15, 0.2) is 0 Å². The molecule has 0 aliphatic carbocycles. The molecule has 0 amide bonds. The molecule has 1 N–H and O–H groups in total. The molecule has 2 rings (SSSR count). The number of anilines is 1. The van der Waals surface area contributed by atoms with Crippen molar-refractivity contribution in [2.24, 2.45) is 5.92 Å². The van der Waals surface area contributed by atoms with Gasteiger partial charge in [0.2, 0.25) is 10.0 Å². The van der Waals surface area contributed by atoms with E-state index < -0.39 is 10.0 Å². The number of hydrogen-bond acceptors (Lipinski definition) is 3. The standard InChI is InChI=1S/C16H26N2O2S/c1-5-6-14-7-8-18(11-14)21(19,20)16-12(2)9-15(17-4)10-13(16)3/h9-10,14,17H,5-8,11H2,1-4H3. The van der Waals surface area contributed by atoms with Crippen LogP contribution in [-0.4, -0.2) is 32.9 Å². The first-order valence-electron chi connectivity index (χ1n) is 7.69. The van der Waals surface area contributed by atoms with E-state index in [1.165, 1.54) is 0 Å². The minimum atomic E-state index is -3.37. The molecule has 118 valence electrons. The van der Waals surface area contributed by atoms with Crippen molar-refractivity contribution in [3.05, 3.63) is 23.3 Å². The molecule has 1 heterocycles. The molecule has 1 fully saturated rings. The predicted molar refractivity (Wildman–Crippen MR) is 87.2 cm³/mol. The van der Waals surface area contributed by atoms with Crippen molar-refractivity contribution in [1.29, 1.82) is 0 Å². The minimum absolute atomic E-state index is 0.485. The third kappa shape index (κ3) is 3.24. The SMILES string of the molecule is CCCC1CCN(S(=O)(=O)c2c(C)cc(NC)cc2C)C1. The van der Waals surface area contributed by atoms with Crippen LogP contribution < -0.4 is 5.32 Å². The van der Waals surface area contributed by atoms with Gasteiger partial charge in [0.1, 0.15) is 0 Å². The molecule has 1 saturated heterocycles. The second-order valence-electron chi connectivity index (χ2n) is 6.00. The molecule has 0 saturated carbocycles. The fourth-order valence-electron chi connectivity index (χ4n) is 3.29. The third-order valence-electron chi connectivity index (χ3n) is 4.29. The number of rotatable bonds is 5. The van der Waals surface area contributed by atoms with Crippen molar-refractivity contribution >= 4 is 15.7 Å². The second-order valence-corrected chi connectivity index (χ2v) is 7.87. The fourth-order valence-corrected chi connectivity index (χ4v) is 5.23. The summed E-state index contributed by atoms with van der Waals surface area (Å²) in [5, 5.41) is 3.07. The number of benzene rings is 1. The number of nitrogens with zero attached hydrogens (tertiary/aromatic N) is 1. The lowest BCUT2D eigenvalue weighted by molar-refractivity contribution is 0.444. The number of aryl methyl sites for hydroxylation is 2. The zero-order valence-electron chi connectivity index (χ0n) is 13.4. The normalized spacial score (nSPS) is 19.9. The van der Waals surface area contributed by atoms with E-state index in [0.717, 1.165) is 36.1 Å². The topological polar surface area (TPSA) is 49.4 Å². The van der Waals surface area contributed by atoms with Crippen LogP contribution in [0.25, 0.3) is 0 Å². The first kappa shape index (κ1) is 16.3. The van der Waals surface area contributed by atoms with Crippen LogP contribution in [0.5, 0.6) is 0 Å². The van der Waals surface area contributed by atoms with E-state index in [4.69, 9.17) is 0 Å². The second kappa shape index (κ2) is 6.36. The maximum Gasteiger partial charge on any atom is 0.243 e. The lowest BCUT2D eigenvalue weighted by Crippen LogP contribution is -2.30. The van der Waals surface area contributed by atoms with Crippen LogP contribution in [-0.2, 0) is 10.0 Å². The van der Waals surface area contributed by atoms with E-state index in [9.17, 15) is 8.42 Å². The number of hydrogen-bond donors (Lipinski definition) is 1. The fraction of sp³-hybridized carbons (Fsp3) is 0.625. The van der Waals surface area contributed by atoms with E-state index in [1.54, 1.807) is 4.31 Å². The maximum atomic E-state index is 12.9. The van der Waals surface area contributed by atoms with Crippen molar-refractivity contribution in [2.75, 3.05) is 25.5 Å². The van der Waals surface area contributed by atoms with Gasteiger partial charge in [0, 0.05) is 25.8 Å². The Morgan fingerprint density at radius 3 is 2.43 bits per heavy atom. The van der Waals surface area contributed by atoms with Crippen molar-refractivity contribution < 1.29 is 8.42 Å². The van der Waals surface area contributed by atoms with Gasteiger partial charge in [-0.1, -0.05) is 13.3 Å². The molecule has 1 aromatic carbocycles. The lowest BCUT2D eigenvalue weighted by atomic mass is 10.0. The molecule has 21 heavy (non-hydrogen) atoms. The average molecular weight is 310 g/mol. The predicted octanol–water partition coefficient (Wildman–Crippen LogP) is 3.16. The van der Waals surface area contributed by atoms with Crippen LogP contribution >= 0.6 is 0 Å². The van der Waals surface area contributed by atoms with Crippen LogP contribution in [0.15, 0.2) is 17.0 Å². The quantitative estimate of drug-likeness (QED) is 0.909. The van der Waals surface area contributed by atoms with E-state index in [0.29, 0.717) is 23.9 Å². The zero-order valence-corrected chi connectivity index (χ0v) is 14.3. The van der Waals surface area contributed by atoms with E-state index in [-0.39, 0.29) is 0 Å². The van der Waals surface area contributed by atoms with E-state index in [2.05, 4.69) is 12.2 Å². The molecular formula is C16H26N2O2S.